The molecule has 0 radical (unpaired) electrons. The van der Waals surface area contributed by atoms with E-state index < -0.39 is 29.2 Å². The summed E-state index contributed by atoms with van der Waals surface area (Å²) in [7, 11) is 1.28. The zero-order valence-electron chi connectivity index (χ0n) is 26.6. The monoisotopic (exact) mass is 715 g/mol. The first-order chi connectivity index (χ1) is 23.2. The number of carbonyl (C=O) groups excluding carboxylic acids is 2. The molecule has 2 saturated heterocycles. The fourth-order valence-corrected chi connectivity index (χ4v) is 9.36. The van der Waals surface area contributed by atoms with E-state index in [1.165, 1.54) is 35.5 Å². The van der Waals surface area contributed by atoms with Crippen LogP contribution in [0, 0.1) is 5.82 Å². The van der Waals surface area contributed by atoms with Gasteiger partial charge in [0.25, 0.3) is 11.8 Å². The van der Waals surface area contributed by atoms with Crippen LogP contribution in [-0.2, 0) is 25.8 Å². The molecule has 0 spiro atoms. The van der Waals surface area contributed by atoms with Gasteiger partial charge in [-0.15, -0.1) is 34.9 Å². The number of fused-ring (bicyclic) bond motifs is 2. The number of benzene rings is 1. The number of thiazole rings is 1. The lowest BCUT2D eigenvalue weighted by Crippen LogP contribution is -2.71. The number of nitrogens with one attached hydrogen (secondary N) is 2. The maximum Gasteiger partial charge on any atom is 0.352 e. The number of piperazine rings is 1. The van der Waals surface area contributed by atoms with E-state index in [-0.39, 0.29) is 39.8 Å². The summed E-state index contributed by atoms with van der Waals surface area (Å²) in [4.78, 5) is 52.1. The molecule has 0 bridgehead atoms. The number of likely N-dealkylation sites (N-methyl/N-ethyl adjacent to an activating group) is 1. The highest BCUT2D eigenvalue weighted by atomic mass is 32.2. The number of hydrogen-bond acceptors (Lipinski definition) is 12. The molecule has 17 heteroatoms. The van der Waals surface area contributed by atoms with E-state index in [2.05, 4.69) is 37.2 Å². The first-order valence-electron chi connectivity index (χ1n) is 15.4. The predicted molar refractivity (Wildman–Crippen MR) is 183 cm³/mol. The Balaban J connectivity index is 1.22. The lowest BCUT2D eigenvalue weighted by molar-refractivity contribution is -0.668. The molecule has 13 nitrogen and oxygen atoms in total. The lowest BCUT2D eigenvalue weighted by Gasteiger charge is -2.49. The van der Waals surface area contributed by atoms with Crippen LogP contribution >= 0.6 is 34.9 Å². The number of hydrogen-bond donors (Lipinski definition) is 4. The predicted octanol–water partition coefficient (Wildman–Crippen LogP) is 2.17. The second-order valence-electron chi connectivity index (χ2n) is 11.3. The average Bonchev–Trinajstić information content (AvgIpc) is 3.52. The largest absolute Gasteiger partial charge is 0.477 e. The number of carbonyl (C=O) groups is 3. The highest BCUT2D eigenvalue weighted by Gasteiger charge is 2.54. The molecule has 2 aromatic heterocycles. The van der Waals surface area contributed by atoms with Gasteiger partial charge in [0.15, 0.2) is 17.0 Å². The number of carboxylic acids is 1. The van der Waals surface area contributed by atoms with Crippen molar-refractivity contribution < 1.29 is 33.3 Å². The van der Waals surface area contributed by atoms with Crippen molar-refractivity contribution in [3.63, 3.8) is 0 Å². The fraction of sp³-hybridized carbons (Fsp3) is 0.419. The lowest BCUT2D eigenvalue weighted by atomic mass is 10.00. The Bertz CT molecular complexity index is 1830. The molecule has 5 N–H and O–H groups in total. The molecule has 2 amide bonds. The summed E-state index contributed by atoms with van der Waals surface area (Å²) in [5.41, 5.74) is 7.78. The molecule has 254 valence electrons. The quantitative estimate of drug-likeness (QED) is 0.0756. The Morgan fingerprint density at radius 3 is 2.85 bits per heavy atom. The van der Waals surface area contributed by atoms with Crippen molar-refractivity contribution >= 4 is 74.4 Å². The number of rotatable bonds is 11. The van der Waals surface area contributed by atoms with Crippen LogP contribution < -0.4 is 20.9 Å². The zero-order valence-corrected chi connectivity index (χ0v) is 29.0. The van der Waals surface area contributed by atoms with Gasteiger partial charge in [0.05, 0.1) is 11.4 Å². The van der Waals surface area contributed by atoms with Gasteiger partial charge < -0.3 is 26.3 Å². The summed E-state index contributed by atoms with van der Waals surface area (Å²) in [6.45, 7) is 8.03. The van der Waals surface area contributed by atoms with Gasteiger partial charge in [-0.2, -0.15) is 4.57 Å². The molecule has 48 heavy (non-hydrogen) atoms. The number of pyridine rings is 1. The molecular weight excluding hydrogens is 680 g/mol. The average molecular weight is 716 g/mol. The number of amides is 2. The first kappa shape index (κ1) is 34.1. The molecule has 5 heterocycles. The normalized spacial score (nSPS) is 21.7. The number of aromatic nitrogens is 2. The van der Waals surface area contributed by atoms with Crippen molar-refractivity contribution in [2.45, 2.75) is 42.7 Å². The van der Waals surface area contributed by atoms with Gasteiger partial charge in [0.2, 0.25) is 5.52 Å². The molecule has 3 aliphatic heterocycles. The second-order valence-corrected chi connectivity index (χ2v) is 14.3. The topological polar surface area (TPSA) is 166 Å². The Morgan fingerprint density at radius 2 is 2.17 bits per heavy atom. The van der Waals surface area contributed by atoms with Gasteiger partial charge >= 0.3 is 5.97 Å². The summed E-state index contributed by atoms with van der Waals surface area (Å²) < 4.78 is 17.9. The van der Waals surface area contributed by atoms with Crippen LogP contribution in [0.1, 0.15) is 31.1 Å². The summed E-state index contributed by atoms with van der Waals surface area (Å²) in [6.07, 6.45) is 1.97. The Hall–Kier alpha value is -3.77. The number of aryl methyl sites for hydroxylation is 1. The van der Waals surface area contributed by atoms with Crippen LogP contribution in [0.2, 0.25) is 0 Å². The summed E-state index contributed by atoms with van der Waals surface area (Å²) in [5.74, 6) is -2.13. The summed E-state index contributed by atoms with van der Waals surface area (Å²) in [5, 5.41) is 21.9. The minimum Gasteiger partial charge on any atom is -0.477 e. The van der Waals surface area contributed by atoms with E-state index in [0.717, 1.165) is 46.8 Å². The van der Waals surface area contributed by atoms with Gasteiger partial charge in [-0.1, -0.05) is 12.1 Å². The van der Waals surface area contributed by atoms with Crippen molar-refractivity contribution in [1.29, 1.82) is 0 Å². The number of anilines is 1. The molecule has 0 aliphatic carbocycles. The van der Waals surface area contributed by atoms with Crippen LogP contribution in [0.25, 0.3) is 10.9 Å². The third-order valence-electron chi connectivity index (χ3n) is 8.66. The number of carboxylic acid groups (broad SMARTS) is 1. The number of halogens is 1. The van der Waals surface area contributed by atoms with Crippen molar-refractivity contribution in [2.75, 3.05) is 50.5 Å². The standard InChI is InChI=1S/C31H35FN8O5S3/c1-4-38-8-6-23(18-10-19(32)17(11-21(18)38)22-12-34-7-9-39(22)5-2)46-13-16-14-47-29-25(28(42)40(29)26(16)30(43)44)36-27(41)24(37-45-3)20-15-48-31(33)35-20/h6,8,10-11,15,22,25,29,34H,4-5,7,9,12-14H2,1-3H3,(H3-,33,35,36,41,43,44)/p+1/t22?,25?,29-/m0/s1. The summed E-state index contributed by atoms with van der Waals surface area (Å²) in [6, 6.07) is 4.42. The zero-order chi connectivity index (χ0) is 34.1. The number of nitrogen functional groups attached to an aromatic ring is 1. The van der Waals surface area contributed by atoms with E-state index in [1.807, 2.05) is 25.3 Å². The Kier molecular flexibility index (Phi) is 10.2. The molecule has 3 atom stereocenters. The smallest absolute Gasteiger partial charge is 0.352 e. The number of nitrogens with zero attached hydrogens (tertiary/aromatic N) is 5. The van der Waals surface area contributed by atoms with E-state index in [4.69, 9.17) is 10.6 Å². The van der Waals surface area contributed by atoms with Crippen molar-refractivity contribution in [3.8, 4) is 0 Å². The molecule has 2 unspecified atom stereocenters. The highest BCUT2D eigenvalue weighted by molar-refractivity contribution is 8.01. The Labute approximate surface area is 288 Å². The van der Waals surface area contributed by atoms with Gasteiger partial charge in [0.1, 0.15) is 42.3 Å². The minimum atomic E-state index is -1.23. The molecule has 0 saturated carbocycles. The molecular formula is C31H36FN8O5S3+. The number of nitrogens with two attached hydrogens (primary N) is 1. The number of thioether (sulfide) groups is 2. The van der Waals surface area contributed by atoms with Crippen LogP contribution in [0.15, 0.2) is 51.1 Å². The van der Waals surface area contributed by atoms with E-state index in [1.54, 1.807) is 11.4 Å². The first-order valence-corrected chi connectivity index (χ1v) is 18.3. The molecule has 2 fully saturated rings. The van der Waals surface area contributed by atoms with E-state index >= 15 is 4.39 Å². The third kappa shape index (κ3) is 6.36. The van der Waals surface area contributed by atoms with E-state index in [0.29, 0.717) is 30.0 Å². The van der Waals surface area contributed by atoms with E-state index in [9.17, 15) is 19.5 Å². The minimum absolute atomic E-state index is 0.0714. The maximum atomic E-state index is 15.8. The van der Waals surface area contributed by atoms with Gasteiger partial charge in [-0.05, 0) is 25.1 Å². The number of aliphatic carboxylic acids is 1. The molecule has 1 aromatic carbocycles. The van der Waals surface area contributed by atoms with Crippen LogP contribution in [0.4, 0.5) is 9.52 Å². The van der Waals surface area contributed by atoms with Gasteiger partial charge in [0, 0.05) is 59.1 Å². The molecule has 3 aliphatic rings. The third-order valence-corrected chi connectivity index (χ3v) is 11.8. The second kappa shape index (κ2) is 14.4. The maximum absolute atomic E-state index is 15.8. The van der Waals surface area contributed by atoms with Crippen molar-refractivity contribution in [1.82, 2.24) is 25.4 Å². The number of oxime groups is 1. The number of β-lactam (4-membered cyclic amide) rings is 1. The van der Waals surface area contributed by atoms with Gasteiger partial charge in [-0.25, -0.2) is 14.2 Å². The highest BCUT2D eigenvalue weighted by Crippen LogP contribution is 2.42. The van der Waals surface area contributed by atoms with Crippen LogP contribution in [0.5, 0.6) is 0 Å². The molecule has 3 aromatic rings. The summed E-state index contributed by atoms with van der Waals surface area (Å²) >= 11 is 3.90. The van der Waals surface area contributed by atoms with Gasteiger partial charge in [-0.3, -0.25) is 19.4 Å². The SMILES string of the molecule is CCN1CCNCC1c1cc2c(cc1F)c(SCC1=C(C(=O)O)N3C(=O)C(NC(=O)C(=NOC)c4csc(N)n4)[C@@H]3SC1)cc[n+]2CC. The fourth-order valence-electron chi connectivity index (χ4n) is 6.29. The van der Waals surface area contributed by atoms with Crippen LogP contribution in [0.3, 0.4) is 0 Å². The van der Waals surface area contributed by atoms with Crippen molar-refractivity contribution in [3.05, 3.63) is 58.1 Å². The van der Waals surface area contributed by atoms with Crippen molar-refractivity contribution in [2.24, 2.45) is 5.16 Å². The van der Waals surface area contributed by atoms with Crippen LogP contribution in [-0.4, -0.2) is 99.6 Å². The molecule has 6 rings (SSSR count). The Morgan fingerprint density at radius 1 is 1.35 bits per heavy atom.